The number of ether oxygens (including phenoxy) is 1. The SMILES string of the molecule is COc1ccccc1C(C)N(C)C(=O)CCNC(=O)c1ccc2ccccc2c1. The van der Waals surface area contributed by atoms with E-state index in [0.29, 0.717) is 5.56 Å². The summed E-state index contributed by atoms with van der Waals surface area (Å²) >= 11 is 0. The molecule has 2 amide bonds. The molecule has 0 radical (unpaired) electrons. The molecule has 0 fully saturated rings. The van der Waals surface area contributed by atoms with Crippen LogP contribution >= 0.6 is 0 Å². The van der Waals surface area contributed by atoms with Crippen LogP contribution in [0, 0.1) is 0 Å². The smallest absolute Gasteiger partial charge is 0.251 e. The Morgan fingerprint density at radius 2 is 1.69 bits per heavy atom. The molecule has 1 N–H and O–H groups in total. The monoisotopic (exact) mass is 390 g/mol. The number of nitrogens with zero attached hydrogens (tertiary/aromatic N) is 1. The van der Waals surface area contributed by atoms with E-state index in [0.717, 1.165) is 22.1 Å². The minimum atomic E-state index is -0.177. The third-order valence-corrected chi connectivity index (χ3v) is 5.20. The number of hydrogen-bond acceptors (Lipinski definition) is 3. The van der Waals surface area contributed by atoms with E-state index in [1.165, 1.54) is 0 Å². The first kappa shape index (κ1) is 20.4. The van der Waals surface area contributed by atoms with Gasteiger partial charge in [0.05, 0.1) is 13.2 Å². The lowest BCUT2D eigenvalue weighted by Gasteiger charge is -2.26. The fourth-order valence-corrected chi connectivity index (χ4v) is 3.33. The van der Waals surface area contributed by atoms with Crippen LogP contribution in [0.2, 0.25) is 0 Å². The average molecular weight is 390 g/mol. The average Bonchev–Trinajstić information content (AvgIpc) is 2.77. The van der Waals surface area contributed by atoms with Gasteiger partial charge >= 0.3 is 0 Å². The van der Waals surface area contributed by atoms with E-state index in [1.807, 2.05) is 67.6 Å². The van der Waals surface area contributed by atoms with E-state index in [9.17, 15) is 9.59 Å². The van der Waals surface area contributed by atoms with Crippen LogP contribution in [0.3, 0.4) is 0 Å². The maximum atomic E-state index is 12.6. The predicted octanol–water partition coefficient (Wildman–Crippen LogP) is 4.19. The second-order valence-corrected chi connectivity index (χ2v) is 6.99. The normalized spacial score (nSPS) is 11.7. The van der Waals surface area contributed by atoms with Crippen LogP contribution in [0.1, 0.15) is 35.3 Å². The zero-order chi connectivity index (χ0) is 20.8. The Kier molecular flexibility index (Phi) is 6.50. The van der Waals surface area contributed by atoms with E-state index in [1.54, 1.807) is 25.1 Å². The van der Waals surface area contributed by atoms with Gasteiger partial charge in [0.25, 0.3) is 5.91 Å². The molecule has 0 saturated carbocycles. The lowest BCUT2D eigenvalue weighted by atomic mass is 10.1. The number of nitrogens with one attached hydrogen (secondary N) is 1. The van der Waals surface area contributed by atoms with Gasteiger partial charge in [-0.2, -0.15) is 0 Å². The van der Waals surface area contributed by atoms with Crippen molar-refractivity contribution in [1.29, 1.82) is 0 Å². The zero-order valence-corrected chi connectivity index (χ0v) is 17.0. The van der Waals surface area contributed by atoms with Gasteiger partial charge in [-0.3, -0.25) is 9.59 Å². The number of carbonyl (C=O) groups is 2. The first-order valence-corrected chi connectivity index (χ1v) is 9.67. The van der Waals surface area contributed by atoms with Gasteiger partial charge < -0.3 is 15.0 Å². The fraction of sp³-hybridized carbons (Fsp3) is 0.250. The van der Waals surface area contributed by atoms with Crippen molar-refractivity contribution in [2.24, 2.45) is 0 Å². The number of amides is 2. The molecule has 0 aliphatic rings. The molecule has 3 rings (SSSR count). The van der Waals surface area contributed by atoms with Gasteiger partial charge in [-0.15, -0.1) is 0 Å². The van der Waals surface area contributed by atoms with Gasteiger partial charge in [0, 0.05) is 31.1 Å². The van der Waals surface area contributed by atoms with Gasteiger partial charge in [0.1, 0.15) is 5.75 Å². The molecule has 0 aromatic heterocycles. The van der Waals surface area contributed by atoms with Crippen LogP contribution in [0.5, 0.6) is 5.75 Å². The molecule has 0 spiro atoms. The van der Waals surface area contributed by atoms with Crippen molar-refractivity contribution < 1.29 is 14.3 Å². The highest BCUT2D eigenvalue weighted by Crippen LogP contribution is 2.28. The van der Waals surface area contributed by atoms with Gasteiger partial charge in [-0.25, -0.2) is 0 Å². The second kappa shape index (κ2) is 9.24. The lowest BCUT2D eigenvalue weighted by Crippen LogP contribution is -2.33. The number of fused-ring (bicyclic) bond motifs is 1. The van der Waals surface area contributed by atoms with Crippen molar-refractivity contribution >= 4 is 22.6 Å². The van der Waals surface area contributed by atoms with E-state index >= 15 is 0 Å². The first-order valence-electron chi connectivity index (χ1n) is 9.67. The molecule has 0 bridgehead atoms. The highest BCUT2D eigenvalue weighted by molar-refractivity contribution is 5.98. The minimum Gasteiger partial charge on any atom is -0.496 e. The van der Waals surface area contributed by atoms with Gasteiger partial charge in [-0.05, 0) is 35.9 Å². The van der Waals surface area contributed by atoms with Crippen LogP contribution in [-0.2, 0) is 4.79 Å². The molecule has 5 nitrogen and oxygen atoms in total. The number of methoxy groups -OCH3 is 1. The molecule has 0 aliphatic heterocycles. The fourth-order valence-electron chi connectivity index (χ4n) is 3.33. The maximum Gasteiger partial charge on any atom is 0.251 e. The van der Waals surface area contributed by atoms with E-state index in [2.05, 4.69) is 5.32 Å². The molecular formula is C24H26N2O3. The molecule has 0 aliphatic carbocycles. The third-order valence-electron chi connectivity index (χ3n) is 5.20. The molecule has 29 heavy (non-hydrogen) atoms. The Morgan fingerprint density at radius 3 is 2.45 bits per heavy atom. The van der Waals surface area contributed by atoms with Crippen molar-refractivity contribution in [3.05, 3.63) is 77.9 Å². The molecule has 3 aromatic carbocycles. The van der Waals surface area contributed by atoms with Gasteiger partial charge in [0.15, 0.2) is 0 Å². The topological polar surface area (TPSA) is 58.6 Å². The van der Waals surface area contributed by atoms with Crippen LogP contribution < -0.4 is 10.1 Å². The van der Waals surface area contributed by atoms with Gasteiger partial charge in [0.2, 0.25) is 5.91 Å². The first-order chi connectivity index (χ1) is 14.0. The number of rotatable bonds is 7. The summed E-state index contributed by atoms with van der Waals surface area (Å²) in [4.78, 5) is 26.7. The molecular weight excluding hydrogens is 364 g/mol. The largest absolute Gasteiger partial charge is 0.496 e. The molecule has 3 aromatic rings. The zero-order valence-electron chi connectivity index (χ0n) is 17.0. The number of hydrogen-bond donors (Lipinski definition) is 1. The van der Waals surface area contributed by atoms with Gasteiger partial charge in [-0.1, -0.05) is 48.5 Å². The Balaban J connectivity index is 1.56. The summed E-state index contributed by atoms with van der Waals surface area (Å²) in [6.07, 6.45) is 0.231. The summed E-state index contributed by atoms with van der Waals surface area (Å²) in [7, 11) is 3.39. The molecule has 150 valence electrons. The maximum absolute atomic E-state index is 12.6. The summed E-state index contributed by atoms with van der Waals surface area (Å²) in [6.45, 7) is 2.25. The molecule has 1 atom stereocenters. The van der Waals surface area contributed by atoms with E-state index in [4.69, 9.17) is 4.74 Å². The number of benzene rings is 3. The predicted molar refractivity (Wildman–Crippen MR) is 115 cm³/mol. The third kappa shape index (κ3) is 4.74. The van der Waals surface area contributed by atoms with Crippen molar-refractivity contribution in [2.45, 2.75) is 19.4 Å². The lowest BCUT2D eigenvalue weighted by molar-refractivity contribution is -0.131. The summed E-state index contributed by atoms with van der Waals surface area (Å²) in [5.41, 5.74) is 1.54. The highest BCUT2D eigenvalue weighted by atomic mass is 16.5. The van der Waals surface area contributed by atoms with Crippen LogP contribution in [-0.4, -0.2) is 37.4 Å². The minimum absolute atomic E-state index is 0.0396. The molecule has 0 saturated heterocycles. The molecule has 5 heteroatoms. The number of carbonyl (C=O) groups excluding carboxylic acids is 2. The quantitative estimate of drug-likeness (QED) is 0.658. The summed E-state index contributed by atoms with van der Waals surface area (Å²) < 4.78 is 5.39. The Labute approximate surface area is 171 Å². The summed E-state index contributed by atoms with van der Waals surface area (Å²) in [5, 5.41) is 4.94. The van der Waals surface area contributed by atoms with Crippen molar-refractivity contribution in [3.8, 4) is 5.75 Å². The van der Waals surface area contributed by atoms with Crippen molar-refractivity contribution in [3.63, 3.8) is 0 Å². The summed E-state index contributed by atoms with van der Waals surface area (Å²) in [5.74, 6) is 0.537. The molecule has 0 heterocycles. The summed E-state index contributed by atoms with van der Waals surface area (Å²) in [6, 6.07) is 21.0. The Hall–Kier alpha value is -3.34. The van der Waals surface area contributed by atoms with Crippen LogP contribution in [0.4, 0.5) is 0 Å². The van der Waals surface area contributed by atoms with Crippen molar-refractivity contribution in [2.75, 3.05) is 20.7 Å². The second-order valence-electron chi connectivity index (χ2n) is 6.99. The van der Waals surface area contributed by atoms with E-state index < -0.39 is 0 Å². The van der Waals surface area contributed by atoms with Crippen LogP contribution in [0.25, 0.3) is 10.8 Å². The Morgan fingerprint density at radius 1 is 1.00 bits per heavy atom. The van der Waals surface area contributed by atoms with E-state index in [-0.39, 0.29) is 30.8 Å². The number of para-hydroxylation sites is 1. The standard InChI is InChI=1S/C24H26N2O3/c1-17(21-10-6-7-11-22(21)29-3)26(2)23(27)14-15-25-24(28)20-13-12-18-8-4-5-9-19(18)16-20/h4-13,16-17H,14-15H2,1-3H3,(H,25,28). The Bertz CT molecular complexity index is 1020. The highest BCUT2D eigenvalue weighted by Gasteiger charge is 2.20. The van der Waals surface area contributed by atoms with Crippen molar-refractivity contribution in [1.82, 2.24) is 10.2 Å². The van der Waals surface area contributed by atoms with Crippen LogP contribution in [0.15, 0.2) is 66.7 Å². The molecule has 1 unspecified atom stereocenters.